The number of rotatable bonds is 4. The van der Waals surface area contributed by atoms with Gasteiger partial charge >= 0.3 is 0 Å². The van der Waals surface area contributed by atoms with Gasteiger partial charge < -0.3 is 15.2 Å². The van der Waals surface area contributed by atoms with Gasteiger partial charge in [-0.25, -0.2) is 0 Å². The Morgan fingerprint density at radius 2 is 2.05 bits per heavy atom. The number of nitrogens with one attached hydrogen (secondary N) is 1. The van der Waals surface area contributed by atoms with Crippen LogP contribution in [0, 0.1) is 0 Å². The average Bonchev–Trinajstić information content (AvgIpc) is 2.34. The standard InChI is InChI=1S/C15H23NO3/c1-10(17)14(18)16-9-11-6-7-13(19-5)12(8-11)15(2,3)4/h6-8,10,17H,9H2,1-5H3,(H,16,18). The largest absolute Gasteiger partial charge is 0.496 e. The Kier molecular flexibility index (Phi) is 4.95. The minimum atomic E-state index is -0.986. The van der Waals surface area contributed by atoms with Crippen molar-refractivity contribution < 1.29 is 14.6 Å². The number of aliphatic hydroxyl groups excluding tert-OH is 1. The van der Waals surface area contributed by atoms with Crippen LogP contribution in [0.25, 0.3) is 0 Å². The van der Waals surface area contributed by atoms with Gasteiger partial charge in [0.1, 0.15) is 11.9 Å². The minimum Gasteiger partial charge on any atom is -0.496 e. The van der Waals surface area contributed by atoms with Gasteiger partial charge in [-0.1, -0.05) is 26.8 Å². The third-order valence-corrected chi connectivity index (χ3v) is 2.92. The van der Waals surface area contributed by atoms with E-state index in [1.807, 2.05) is 18.2 Å². The first kappa shape index (κ1) is 15.5. The monoisotopic (exact) mass is 265 g/mol. The molecule has 1 amide bonds. The Morgan fingerprint density at radius 1 is 1.42 bits per heavy atom. The summed E-state index contributed by atoms with van der Waals surface area (Å²) in [4.78, 5) is 11.3. The van der Waals surface area contributed by atoms with Gasteiger partial charge in [-0.05, 0) is 35.6 Å². The maximum atomic E-state index is 11.3. The second-order valence-corrected chi connectivity index (χ2v) is 5.68. The summed E-state index contributed by atoms with van der Waals surface area (Å²) in [6.45, 7) is 8.19. The molecule has 0 aliphatic carbocycles. The number of carbonyl (C=O) groups excluding carboxylic acids is 1. The molecular weight excluding hydrogens is 242 g/mol. The van der Waals surface area contributed by atoms with Crippen molar-refractivity contribution in [2.24, 2.45) is 0 Å². The highest BCUT2D eigenvalue weighted by molar-refractivity contribution is 5.79. The van der Waals surface area contributed by atoms with Crippen LogP contribution < -0.4 is 10.1 Å². The first-order valence-corrected chi connectivity index (χ1v) is 6.39. The molecule has 1 aromatic rings. The molecule has 0 aromatic heterocycles. The zero-order valence-electron chi connectivity index (χ0n) is 12.3. The Morgan fingerprint density at radius 3 is 2.53 bits per heavy atom. The molecular formula is C15H23NO3. The van der Waals surface area contributed by atoms with Crippen LogP contribution in [0.2, 0.25) is 0 Å². The zero-order valence-corrected chi connectivity index (χ0v) is 12.3. The molecule has 0 heterocycles. The van der Waals surface area contributed by atoms with E-state index >= 15 is 0 Å². The molecule has 1 atom stereocenters. The molecule has 0 saturated carbocycles. The van der Waals surface area contributed by atoms with Crippen molar-refractivity contribution in [2.75, 3.05) is 7.11 Å². The van der Waals surface area contributed by atoms with E-state index in [0.29, 0.717) is 6.54 Å². The van der Waals surface area contributed by atoms with E-state index in [1.54, 1.807) is 7.11 Å². The van der Waals surface area contributed by atoms with Crippen LogP contribution in [-0.4, -0.2) is 24.2 Å². The molecule has 106 valence electrons. The number of aliphatic hydroxyl groups is 1. The van der Waals surface area contributed by atoms with Crippen LogP contribution >= 0.6 is 0 Å². The van der Waals surface area contributed by atoms with Crippen LogP contribution in [0.1, 0.15) is 38.8 Å². The lowest BCUT2D eigenvalue weighted by Gasteiger charge is -2.23. The lowest BCUT2D eigenvalue weighted by atomic mass is 9.85. The van der Waals surface area contributed by atoms with Crippen LogP contribution in [-0.2, 0) is 16.8 Å². The van der Waals surface area contributed by atoms with E-state index in [0.717, 1.165) is 16.9 Å². The Labute approximate surface area is 114 Å². The lowest BCUT2D eigenvalue weighted by molar-refractivity contribution is -0.128. The maximum absolute atomic E-state index is 11.3. The number of ether oxygens (including phenoxy) is 1. The summed E-state index contributed by atoms with van der Waals surface area (Å²) in [5.74, 6) is 0.478. The number of methoxy groups -OCH3 is 1. The Hall–Kier alpha value is -1.55. The third-order valence-electron chi connectivity index (χ3n) is 2.92. The van der Waals surface area contributed by atoms with E-state index in [1.165, 1.54) is 6.92 Å². The van der Waals surface area contributed by atoms with Gasteiger partial charge in [0.15, 0.2) is 0 Å². The average molecular weight is 265 g/mol. The Balaban J connectivity index is 2.90. The topological polar surface area (TPSA) is 58.6 Å². The summed E-state index contributed by atoms with van der Waals surface area (Å²) >= 11 is 0. The molecule has 1 unspecified atom stereocenters. The van der Waals surface area contributed by atoms with Crippen LogP contribution in [0.4, 0.5) is 0 Å². The highest BCUT2D eigenvalue weighted by Crippen LogP contribution is 2.31. The summed E-state index contributed by atoms with van der Waals surface area (Å²) in [7, 11) is 1.65. The lowest BCUT2D eigenvalue weighted by Crippen LogP contribution is -2.32. The van der Waals surface area contributed by atoms with Gasteiger partial charge in [0.25, 0.3) is 0 Å². The molecule has 0 aliphatic rings. The number of benzene rings is 1. The fraction of sp³-hybridized carbons (Fsp3) is 0.533. The minimum absolute atomic E-state index is 0.0321. The van der Waals surface area contributed by atoms with E-state index in [9.17, 15) is 4.79 Å². The smallest absolute Gasteiger partial charge is 0.248 e. The van der Waals surface area contributed by atoms with Gasteiger partial charge in [-0.3, -0.25) is 4.79 Å². The van der Waals surface area contributed by atoms with E-state index in [-0.39, 0.29) is 11.3 Å². The first-order chi connectivity index (χ1) is 8.75. The molecule has 19 heavy (non-hydrogen) atoms. The molecule has 0 bridgehead atoms. The molecule has 2 N–H and O–H groups in total. The first-order valence-electron chi connectivity index (χ1n) is 6.39. The van der Waals surface area contributed by atoms with E-state index in [2.05, 4.69) is 26.1 Å². The number of carbonyl (C=O) groups is 1. The molecule has 0 radical (unpaired) electrons. The van der Waals surface area contributed by atoms with Crippen molar-refractivity contribution in [2.45, 2.75) is 45.8 Å². The summed E-state index contributed by atoms with van der Waals surface area (Å²) < 4.78 is 5.36. The summed E-state index contributed by atoms with van der Waals surface area (Å²) in [5.41, 5.74) is 2.05. The summed E-state index contributed by atoms with van der Waals surface area (Å²) in [5, 5.41) is 11.8. The van der Waals surface area contributed by atoms with Crippen molar-refractivity contribution >= 4 is 5.91 Å². The second-order valence-electron chi connectivity index (χ2n) is 5.68. The molecule has 4 nitrogen and oxygen atoms in total. The zero-order chi connectivity index (χ0) is 14.6. The Bertz CT molecular complexity index is 447. The third kappa shape index (κ3) is 4.24. The summed E-state index contributed by atoms with van der Waals surface area (Å²) in [6, 6.07) is 5.85. The molecule has 0 aliphatic heterocycles. The quantitative estimate of drug-likeness (QED) is 0.875. The maximum Gasteiger partial charge on any atom is 0.248 e. The predicted octanol–water partition coefficient (Wildman–Crippen LogP) is 1.99. The molecule has 0 spiro atoms. The van der Waals surface area contributed by atoms with Crippen molar-refractivity contribution in [1.82, 2.24) is 5.32 Å². The second kappa shape index (κ2) is 6.06. The molecule has 1 rings (SSSR count). The van der Waals surface area contributed by atoms with Crippen molar-refractivity contribution in [1.29, 1.82) is 0 Å². The predicted molar refractivity (Wildman–Crippen MR) is 75.2 cm³/mol. The van der Waals surface area contributed by atoms with Crippen molar-refractivity contribution in [3.8, 4) is 5.75 Å². The number of hydrogen-bond acceptors (Lipinski definition) is 3. The SMILES string of the molecule is COc1ccc(CNC(=O)C(C)O)cc1C(C)(C)C. The fourth-order valence-corrected chi connectivity index (χ4v) is 1.79. The van der Waals surface area contributed by atoms with Crippen LogP contribution in [0.3, 0.4) is 0 Å². The van der Waals surface area contributed by atoms with Crippen molar-refractivity contribution in [3.63, 3.8) is 0 Å². The van der Waals surface area contributed by atoms with Gasteiger partial charge in [-0.15, -0.1) is 0 Å². The van der Waals surface area contributed by atoms with E-state index in [4.69, 9.17) is 9.84 Å². The number of amides is 1. The highest BCUT2D eigenvalue weighted by atomic mass is 16.5. The van der Waals surface area contributed by atoms with Gasteiger partial charge in [0.05, 0.1) is 7.11 Å². The molecule has 0 fully saturated rings. The molecule has 0 saturated heterocycles. The highest BCUT2D eigenvalue weighted by Gasteiger charge is 2.19. The van der Waals surface area contributed by atoms with E-state index < -0.39 is 6.10 Å². The number of hydrogen-bond donors (Lipinski definition) is 2. The molecule has 1 aromatic carbocycles. The summed E-state index contributed by atoms with van der Waals surface area (Å²) in [6.07, 6.45) is -0.986. The normalized spacial score (nSPS) is 12.9. The van der Waals surface area contributed by atoms with Gasteiger partial charge in [0.2, 0.25) is 5.91 Å². The van der Waals surface area contributed by atoms with Crippen LogP contribution in [0.5, 0.6) is 5.75 Å². The van der Waals surface area contributed by atoms with Crippen LogP contribution in [0.15, 0.2) is 18.2 Å². The van der Waals surface area contributed by atoms with Gasteiger partial charge in [-0.2, -0.15) is 0 Å². The van der Waals surface area contributed by atoms with Crippen molar-refractivity contribution in [3.05, 3.63) is 29.3 Å². The van der Waals surface area contributed by atoms with Gasteiger partial charge in [0, 0.05) is 6.54 Å². The fourth-order valence-electron chi connectivity index (χ4n) is 1.79. The molecule has 4 heteroatoms.